The molecule has 6 nitrogen and oxygen atoms in total. The van der Waals surface area contributed by atoms with Crippen molar-refractivity contribution in [3.63, 3.8) is 0 Å². The van der Waals surface area contributed by atoms with Crippen molar-refractivity contribution in [2.45, 2.75) is 19.3 Å². The molecule has 1 heterocycles. The monoisotopic (exact) mass is 468 g/mol. The topological polar surface area (TPSA) is 75.7 Å². The quantitative estimate of drug-likeness (QED) is 0.543. The van der Waals surface area contributed by atoms with E-state index in [4.69, 9.17) is 4.74 Å². The molecular weight excluding hydrogens is 449 g/mol. The van der Waals surface area contributed by atoms with Crippen LogP contribution in [-0.2, 0) is 19.3 Å². The lowest BCUT2D eigenvalue weighted by molar-refractivity contribution is -0.137. The standard InChI is InChI=1S/C25H19F3N2O4/c1-34-21-10-9-16(14-30-23(32)18-7-2-3-8-19(18)24(30)33)12-20(21)22(31)29-13-15-5-4-6-17(11-15)25(26,27)28/h2-12H,13-14H2,1H3,(H,29,31). The second-order valence-corrected chi connectivity index (χ2v) is 7.66. The highest BCUT2D eigenvalue weighted by Crippen LogP contribution is 2.30. The van der Waals surface area contributed by atoms with Crippen molar-refractivity contribution < 1.29 is 32.3 Å². The van der Waals surface area contributed by atoms with Crippen LogP contribution in [-0.4, -0.2) is 29.7 Å². The number of halogens is 3. The minimum atomic E-state index is -4.48. The van der Waals surface area contributed by atoms with Crippen LogP contribution >= 0.6 is 0 Å². The summed E-state index contributed by atoms with van der Waals surface area (Å²) < 4.78 is 44.0. The van der Waals surface area contributed by atoms with Gasteiger partial charge in [-0.2, -0.15) is 13.2 Å². The van der Waals surface area contributed by atoms with Gasteiger partial charge in [0.05, 0.1) is 35.9 Å². The van der Waals surface area contributed by atoms with Gasteiger partial charge < -0.3 is 10.1 Å². The average Bonchev–Trinajstić information content (AvgIpc) is 3.07. The number of hydrogen-bond donors (Lipinski definition) is 1. The average molecular weight is 468 g/mol. The molecule has 0 bridgehead atoms. The lowest BCUT2D eigenvalue weighted by Crippen LogP contribution is -2.29. The number of carbonyl (C=O) groups excluding carboxylic acids is 3. The van der Waals surface area contributed by atoms with Crippen LogP contribution in [0.25, 0.3) is 0 Å². The Morgan fingerprint density at radius 3 is 2.21 bits per heavy atom. The predicted octanol–water partition coefficient (Wildman–Crippen LogP) is 4.44. The molecule has 1 N–H and O–H groups in total. The molecule has 1 aliphatic rings. The van der Waals surface area contributed by atoms with Crippen LogP contribution in [0.3, 0.4) is 0 Å². The SMILES string of the molecule is COc1ccc(CN2C(=O)c3ccccc3C2=O)cc1C(=O)NCc1cccc(C(F)(F)F)c1. The lowest BCUT2D eigenvalue weighted by Gasteiger charge is -2.16. The lowest BCUT2D eigenvalue weighted by atomic mass is 10.1. The van der Waals surface area contributed by atoms with Crippen molar-refractivity contribution in [3.8, 4) is 5.75 Å². The second-order valence-electron chi connectivity index (χ2n) is 7.66. The van der Waals surface area contributed by atoms with Crippen LogP contribution in [0.2, 0.25) is 0 Å². The van der Waals surface area contributed by atoms with Crippen molar-refractivity contribution in [1.82, 2.24) is 10.2 Å². The number of fused-ring (bicyclic) bond motifs is 1. The van der Waals surface area contributed by atoms with E-state index in [0.29, 0.717) is 16.7 Å². The normalized spacial score (nSPS) is 13.1. The number of hydrogen-bond acceptors (Lipinski definition) is 4. The second kappa shape index (κ2) is 9.01. The Hall–Kier alpha value is -4.14. The molecule has 3 aromatic carbocycles. The molecule has 3 aromatic rings. The summed E-state index contributed by atoms with van der Waals surface area (Å²) in [6.45, 7) is -0.182. The van der Waals surface area contributed by atoms with Crippen molar-refractivity contribution in [1.29, 1.82) is 0 Å². The molecule has 0 fully saturated rings. The highest BCUT2D eigenvalue weighted by Gasteiger charge is 2.35. The summed E-state index contributed by atoms with van der Waals surface area (Å²) in [6, 6.07) is 15.8. The molecule has 0 radical (unpaired) electrons. The van der Waals surface area contributed by atoms with E-state index in [1.165, 1.54) is 31.4 Å². The minimum absolute atomic E-state index is 0.0513. The Morgan fingerprint density at radius 2 is 1.59 bits per heavy atom. The smallest absolute Gasteiger partial charge is 0.416 e. The van der Waals surface area contributed by atoms with E-state index in [-0.39, 0.29) is 30.0 Å². The third-order valence-electron chi connectivity index (χ3n) is 5.43. The maximum absolute atomic E-state index is 12.9. The summed E-state index contributed by atoms with van der Waals surface area (Å²) >= 11 is 0. The number of amides is 3. The molecule has 0 saturated heterocycles. The number of alkyl halides is 3. The molecule has 0 spiro atoms. The van der Waals surface area contributed by atoms with Gasteiger partial charge in [-0.05, 0) is 47.5 Å². The number of ether oxygens (including phenoxy) is 1. The van der Waals surface area contributed by atoms with Gasteiger partial charge >= 0.3 is 6.18 Å². The van der Waals surface area contributed by atoms with Crippen LogP contribution in [0, 0.1) is 0 Å². The molecule has 4 rings (SSSR count). The summed E-state index contributed by atoms with van der Waals surface area (Å²) in [6.07, 6.45) is -4.48. The van der Waals surface area contributed by atoms with Crippen LogP contribution in [0.5, 0.6) is 5.75 Å². The molecule has 9 heteroatoms. The molecule has 1 aliphatic heterocycles. The van der Waals surface area contributed by atoms with E-state index in [0.717, 1.165) is 17.0 Å². The molecule has 34 heavy (non-hydrogen) atoms. The fourth-order valence-electron chi connectivity index (χ4n) is 3.73. The Kier molecular flexibility index (Phi) is 6.10. The van der Waals surface area contributed by atoms with Crippen LogP contribution in [0.1, 0.15) is 47.8 Å². The highest BCUT2D eigenvalue weighted by atomic mass is 19.4. The van der Waals surface area contributed by atoms with Crippen molar-refractivity contribution >= 4 is 17.7 Å². The zero-order valence-corrected chi connectivity index (χ0v) is 18.0. The zero-order valence-electron chi connectivity index (χ0n) is 18.0. The predicted molar refractivity (Wildman–Crippen MR) is 116 cm³/mol. The third-order valence-corrected chi connectivity index (χ3v) is 5.43. The van der Waals surface area contributed by atoms with E-state index >= 15 is 0 Å². The fourth-order valence-corrected chi connectivity index (χ4v) is 3.73. The first-order valence-electron chi connectivity index (χ1n) is 10.3. The van der Waals surface area contributed by atoms with Gasteiger partial charge in [0.2, 0.25) is 0 Å². The summed E-state index contributed by atoms with van der Waals surface area (Å²) in [5.41, 5.74) is 0.757. The Bertz CT molecular complexity index is 1250. The van der Waals surface area contributed by atoms with Gasteiger partial charge in [0, 0.05) is 6.54 Å². The number of carbonyl (C=O) groups is 3. The number of nitrogens with zero attached hydrogens (tertiary/aromatic N) is 1. The summed E-state index contributed by atoms with van der Waals surface area (Å²) in [5.74, 6) is -1.18. The summed E-state index contributed by atoms with van der Waals surface area (Å²) in [5, 5.41) is 2.59. The molecule has 0 unspecified atom stereocenters. The number of nitrogens with one attached hydrogen (secondary N) is 1. The summed E-state index contributed by atoms with van der Waals surface area (Å²) in [4.78, 5) is 39.2. The van der Waals surface area contributed by atoms with Crippen molar-refractivity contribution in [2.24, 2.45) is 0 Å². The van der Waals surface area contributed by atoms with Gasteiger partial charge in [0.15, 0.2) is 0 Å². The minimum Gasteiger partial charge on any atom is -0.496 e. The first-order chi connectivity index (χ1) is 16.2. The summed E-state index contributed by atoms with van der Waals surface area (Å²) in [7, 11) is 1.38. The van der Waals surface area contributed by atoms with Crippen LogP contribution in [0.4, 0.5) is 13.2 Å². The molecule has 0 aromatic heterocycles. The zero-order chi connectivity index (χ0) is 24.5. The highest BCUT2D eigenvalue weighted by molar-refractivity contribution is 6.21. The van der Waals surface area contributed by atoms with Gasteiger partial charge in [-0.1, -0.05) is 30.3 Å². The maximum atomic E-state index is 12.9. The fraction of sp³-hybridized carbons (Fsp3) is 0.160. The number of imide groups is 1. The van der Waals surface area contributed by atoms with Gasteiger partial charge in [-0.25, -0.2) is 0 Å². The number of benzene rings is 3. The molecular formula is C25H19F3N2O4. The van der Waals surface area contributed by atoms with Gasteiger partial charge in [-0.3, -0.25) is 19.3 Å². The third kappa shape index (κ3) is 4.50. The van der Waals surface area contributed by atoms with Gasteiger partial charge in [-0.15, -0.1) is 0 Å². The first kappa shape index (κ1) is 23.0. The van der Waals surface area contributed by atoms with Crippen molar-refractivity contribution in [2.75, 3.05) is 7.11 Å². The first-order valence-corrected chi connectivity index (χ1v) is 10.3. The van der Waals surface area contributed by atoms with E-state index < -0.39 is 29.5 Å². The van der Waals surface area contributed by atoms with E-state index in [1.54, 1.807) is 30.3 Å². The van der Waals surface area contributed by atoms with Crippen LogP contribution in [0.15, 0.2) is 66.7 Å². The van der Waals surface area contributed by atoms with Crippen LogP contribution < -0.4 is 10.1 Å². The molecule has 0 aliphatic carbocycles. The number of rotatable bonds is 6. The van der Waals surface area contributed by atoms with Gasteiger partial charge in [0.25, 0.3) is 17.7 Å². The molecule has 174 valence electrons. The number of methoxy groups -OCH3 is 1. The van der Waals surface area contributed by atoms with E-state index in [1.807, 2.05) is 0 Å². The molecule has 0 atom stereocenters. The van der Waals surface area contributed by atoms with Crippen molar-refractivity contribution in [3.05, 3.63) is 100 Å². The largest absolute Gasteiger partial charge is 0.496 e. The van der Waals surface area contributed by atoms with E-state index in [2.05, 4.69) is 5.32 Å². The Balaban J connectivity index is 1.51. The molecule has 0 saturated carbocycles. The Labute approximate surface area is 192 Å². The Morgan fingerprint density at radius 1 is 0.912 bits per heavy atom. The van der Waals surface area contributed by atoms with Gasteiger partial charge in [0.1, 0.15) is 5.75 Å². The van der Waals surface area contributed by atoms with E-state index in [9.17, 15) is 27.6 Å². The maximum Gasteiger partial charge on any atom is 0.416 e. The molecule has 3 amide bonds.